The Morgan fingerprint density at radius 1 is 1.53 bits per heavy atom. The molecule has 1 aromatic heterocycles. The van der Waals surface area contributed by atoms with Gasteiger partial charge in [0, 0.05) is 31.6 Å². The molecule has 7 nitrogen and oxygen atoms in total. The number of carbonyl (C=O) groups is 2. The van der Waals surface area contributed by atoms with Gasteiger partial charge in [0.05, 0.1) is 12.5 Å². The number of amides is 1. The summed E-state index contributed by atoms with van der Waals surface area (Å²) in [5.74, 6) is -1.58. The number of hydrogen-bond acceptors (Lipinski definition) is 4. The van der Waals surface area contributed by atoms with Gasteiger partial charge in [-0.1, -0.05) is 0 Å². The molecule has 0 radical (unpaired) electrons. The first-order valence-corrected chi connectivity index (χ1v) is 5.66. The zero-order valence-electron chi connectivity index (χ0n) is 10.7. The highest BCUT2D eigenvalue weighted by Crippen LogP contribution is 1.97. The van der Waals surface area contributed by atoms with Crippen molar-refractivity contribution in [3.8, 4) is 0 Å². The lowest BCUT2D eigenvalue weighted by atomic mass is 10.2. The van der Waals surface area contributed by atoms with Gasteiger partial charge < -0.3 is 20.1 Å². The molecular weight excluding hydrogens is 252 g/mol. The minimum absolute atomic E-state index is 0.0178. The fraction of sp³-hybridized carbons (Fsp3) is 0.417. The molecule has 0 aromatic carbocycles. The SMILES string of the molecule is COC(CNC(=O)c1c[nH]c(C)cc1=O)CC(=O)O. The van der Waals surface area contributed by atoms with Gasteiger partial charge in [-0.05, 0) is 6.92 Å². The second kappa shape index (κ2) is 6.69. The van der Waals surface area contributed by atoms with Crippen molar-refractivity contribution in [2.24, 2.45) is 0 Å². The molecule has 1 amide bonds. The van der Waals surface area contributed by atoms with Gasteiger partial charge in [-0.15, -0.1) is 0 Å². The van der Waals surface area contributed by atoms with Gasteiger partial charge in [0.2, 0.25) is 0 Å². The molecule has 0 bridgehead atoms. The van der Waals surface area contributed by atoms with E-state index in [1.807, 2.05) is 0 Å². The van der Waals surface area contributed by atoms with E-state index in [4.69, 9.17) is 9.84 Å². The standard InChI is InChI=1S/C12H16N2O5/c1-7-3-10(15)9(6-13-7)12(18)14-5-8(19-2)4-11(16)17/h3,6,8H,4-5H2,1-2H3,(H,13,15)(H,14,18)(H,16,17). The summed E-state index contributed by atoms with van der Waals surface area (Å²) in [4.78, 5) is 36.6. The number of methoxy groups -OCH3 is 1. The second-order valence-corrected chi connectivity index (χ2v) is 4.06. The Balaban J connectivity index is 2.64. The molecule has 0 aliphatic heterocycles. The largest absolute Gasteiger partial charge is 0.481 e. The van der Waals surface area contributed by atoms with Crippen LogP contribution < -0.4 is 10.7 Å². The van der Waals surface area contributed by atoms with Crippen molar-refractivity contribution in [3.63, 3.8) is 0 Å². The normalized spacial score (nSPS) is 11.9. The molecule has 1 aromatic rings. The van der Waals surface area contributed by atoms with Crippen LogP contribution in [0.4, 0.5) is 0 Å². The van der Waals surface area contributed by atoms with Gasteiger partial charge in [0.1, 0.15) is 5.56 Å². The van der Waals surface area contributed by atoms with Gasteiger partial charge >= 0.3 is 5.97 Å². The van der Waals surface area contributed by atoms with Crippen molar-refractivity contribution in [1.82, 2.24) is 10.3 Å². The number of H-pyrrole nitrogens is 1. The minimum atomic E-state index is -1.02. The third-order valence-electron chi connectivity index (χ3n) is 2.53. The second-order valence-electron chi connectivity index (χ2n) is 4.06. The van der Waals surface area contributed by atoms with Crippen molar-refractivity contribution in [3.05, 3.63) is 33.7 Å². The molecule has 1 heterocycles. The molecule has 19 heavy (non-hydrogen) atoms. The molecule has 1 rings (SSSR count). The van der Waals surface area contributed by atoms with Crippen LogP contribution in [0.25, 0.3) is 0 Å². The van der Waals surface area contributed by atoms with Gasteiger partial charge in [-0.25, -0.2) is 0 Å². The number of pyridine rings is 1. The van der Waals surface area contributed by atoms with Crippen LogP contribution in [0.2, 0.25) is 0 Å². The van der Waals surface area contributed by atoms with E-state index in [2.05, 4.69) is 10.3 Å². The molecule has 0 saturated carbocycles. The van der Waals surface area contributed by atoms with E-state index in [0.717, 1.165) is 0 Å². The molecule has 0 aliphatic rings. The summed E-state index contributed by atoms with van der Waals surface area (Å²) in [6.07, 6.45) is 0.471. The van der Waals surface area contributed by atoms with Crippen LogP contribution >= 0.6 is 0 Å². The molecule has 3 N–H and O–H groups in total. The number of ether oxygens (including phenoxy) is 1. The zero-order chi connectivity index (χ0) is 14.4. The van der Waals surface area contributed by atoms with E-state index in [1.165, 1.54) is 19.4 Å². The van der Waals surface area contributed by atoms with Crippen LogP contribution in [0.15, 0.2) is 17.1 Å². The van der Waals surface area contributed by atoms with Crippen LogP contribution in [0, 0.1) is 6.92 Å². The number of aromatic amines is 1. The van der Waals surface area contributed by atoms with E-state index in [1.54, 1.807) is 6.92 Å². The number of carboxylic acids is 1. The fourth-order valence-corrected chi connectivity index (χ4v) is 1.49. The number of aryl methyl sites for hydroxylation is 1. The molecule has 104 valence electrons. The van der Waals surface area contributed by atoms with E-state index in [0.29, 0.717) is 5.69 Å². The van der Waals surface area contributed by atoms with Crippen molar-refractivity contribution in [1.29, 1.82) is 0 Å². The number of rotatable bonds is 6. The van der Waals surface area contributed by atoms with Gasteiger partial charge in [-0.3, -0.25) is 14.4 Å². The fourth-order valence-electron chi connectivity index (χ4n) is 1.49. The Labute approximate surface area is 109 Å². The summed E-state index contributed by atoms with van der Waals surface area (Å²) in [6, 6.07) is 1.32. The van der Waals surface area contributed by atoms with E-state index in [9.17, 15) is 14.4 Å². The lowest BCUT2D eigenvalue weighted by molar-refractivity contribution is -0.139. The van der Waals surface area contributed by atoms with Crippen LogP contribution in [0.5, 0.6) is 0 Å². The highest BCUT2D eigenvalue weighted by Gasteiger charge is 2.15. The van der Waals surface area contributed by atoms with Crippen molar-refractivity contribution in [2.75, 3.05) is 13.7 Å². The lowest BCUT2D eigenvalue weighted by Crippen LogP contribution is -2.36. The van der Waals surface area contributed by atoms with E-state index in [-0.39, 0.29) is 24.0 Å². The minimum Gasteiger partial charge on any atom is -0.481 e. The third-order valence-corrected chi connectivity index (χ3v) is 2.53. The number of nitrogens with one attached hydrogen (secondary N) is 2. The van der Waals surface area contributed by atoms with Crippen LogP contribution in [-0.4, -0.2) is 41.7 Å². The quantitative estimate of drug-likeness (QED) is 0.667. The van der Waals surface area contributed by atoms with E-state index >= 15 is 0 Å². The molecule has 0 fully saturated rings. The Hall–Kier alpha value is -2.15. The molecule has 1 unspecified atom stereocenters. The van der Waals surface area contributed by atoms with Crippen molar-refractivity contribution in [2.45, 2.75) is 19.4 Å². The summed E-state index contributed by atoms with van der Waals surface area (Å²) in [7, 11) is 1.36. The first-order chi connectivity index (χ1) is 8.93. The Kier molecular flexibility index (Phi) is 5.25. The molecule has 0 aliphatic carbocycles. The average Bonchev–Trinajstić information content (AvgIpc) is 2.33. The maximum atomic E-state index is 11.7. The van der Waals surface area contributed by atoms with Gasteiger partial charge in [-0.2, -0.15) is 0 Å². The molecular formula is C12H16N2O5. The first kappa shape index (κ1) is 14.9. The number of hydrogen-bond donors (Lipinski definition) is 3. The summed E-state index contributed by atoms with van der Waals surface area (Å²) >= 11 is 0. The molecule has 0 saturated heterocycles. The predicted octanol–water partition coefficient (Wildman–Crippen LogP) is -0.0972. The number of carboxylic acid groups (broad SMARTS) is 1. The van der Waals surface area contributed by atoms with Gasteiger partial charge in [0.15, 0.2) is 5.43 Å². The Morgan fingerprint density at radius 2 is 2.21 bits per heavy atom. The number of carbonyl (C=O) groups excluding carboxylic acids is 1. The maximum absolute atomic E-state index is 11.7. The summed E-state index contributed by atoms with van der Waals surface area (Å²) in [5, 5.41) is 11.1. The van der Waals surface area contributed by atoms with Crippen molar-refractivity contribution >= 4 is 11.9 Å². The highest BCUT2D eigenvalue weighted by atomic mass is 16.5. The van der Waals surface area contributed by atoms with Crippen LogP contribution in [0.1, 0.15) is 22.5 Å². The van der Waals surface area contributed by atoms with Crippen LogP contribution in [-0.2, 0) is 9.53 Å². The summed E-state index contributed by atoms with van der Waals surface area (Å²) in [5.41, 5.74) is 0.249. The number of aliphatic carboxylic acids is 1. The summed E-state index contributed by atoms with van der Waals surface area (Å²) in [6.45, 7) is 1.73. The molecule has 0 spiro atoms. The number of aromatic nitrogens is 1. The smallest absolute Gasteiger partial charge is 0.306 e. The van der Waals surface area contributed by atoms with Gasteiger partial charge in [0.25, 0.3) is 5.91 Å². The zero-order valence-corrected chi connectivity index (χ0v) is 10.7. The topological polar surface area (TPSA) is 108 Å². The average molecular weight is 268 g/mol. The highest BCUT2D eigenvalue weighted by molar-refractivity contribution is 5.93. The van der Waals surface area contributed by atoms with E-state index < -0.39 is 18.0 Å². The lowest BCUT2D eigenvalue weighted by Gasteiger charge is -2.13. The van der Waals surface area contributed by atoms with Crippen molar-refractivity contribution < 1.29 is 19.4 Å². The Morgan fingerprint density at radius 3 is 2.74 bits per heavy atom. The first-order valence-electron chi connectivity index (χ1n) is 5.66. The Bertz CT molecular complexity index is 523. The monoisotopic (exact) mass is 268 g/mol. The van der Waals surface area contributed by atoms with Crippen LogP contribution in [0.3, 0.4) is 0 Å². The summed E-state index contributed by atoms with van der Waals surface area (Å²) < 4.78 is 4.92. The third kappa shape index (κ3) is 4.55. The molecule has 7 heteroatoms. The predicted molar refractivity (Wildman–Crippen MR) is 67.2 cm³/mol. The maximum Gasteiger partial charge on any atom is 0.306 e. The molecule has 1 atom stereocenters.